The van der Waals surface area contributed by atoms with E-state index in [4.69, 9.17) is 0 Å². The predicted octanol–water partition coefficient (Wildman–Crippen LogP) is 4.86. The number of anilines is 2. The van der Waals surface area contributed by atoms with E-state index in [1.54, 1.807) is 0 Å². The van der Waals surface area contributed by atoms with Crippen molar-refractivity contribution in [3.8, 4) is 5.82 Å². The molecule has 5 rings (SSSR count). The van der Waals surface area contributed by atoms with Gasteiger partial charge in [0.15, 0.2) is 0 Å². The summed E-state index contributed by atoms with van der Waals surface area (Å²) in [6.07, 6.45) is 12.8. The SMILES string of the molecule is CNc1nc(NC(C(=O)NC2CCCc3ccccc32)C2CCCCC2)cc(-n2cccc2)n1. The van der Waals surface area contributed by atoms with Gasteiger partial charge >= 0.3 is 0 Å². The minimum atomic E-state index is -0.327. The summed E-state index contributed by atoms with van der Waals surface area (Å²) < 4.78 is 1.95. The molecule has 178 valence electrons. The van der Waals surface area contributed by atoms with Crippen LogP contribution < -0.4 is 16.0 Å². The Balaban J connectivity index is 1.41. The van der Waals surface area contributed by atoms with Crippen LogP contribution >= 0.6 is 0 Å². The molecule has 2 heterocycles. The summed E-state index contributed by atoms with van der Waals surface area (Å²) in [7, 11) is 1.81. The van der Waals surface area contributed by atoms with Gasteiger partial charge < -0.3 is 20.5 Å². The van der Waals surface area contributed by atoms with E-state index in [0.29, 0.717) is 11.8 Å². The number of amides is 1. The van der Waals surface area contributed by atoms with Crippen molar-refractivity contribution in [3.05, 3.63) is 66.0 Å². The third-order valence-electron chi connectivity index (χ3n) is 7.20. The van der Waals surface area contributed by atoms with Crippen LogP contribution in [0, 0.1) is 5.92 Å². The Morgan fingerprint density at radius 3 is 2.59 bits per heavy atom. The standard InChI is InChI=1S/C27H34N6O/c1-28-27-31-23(18-24(32-27)33-16-7-8-17-33)30-25(20-11-3-2-4-12-20)26(34)29-22-15-9-13-19-10-5-6-14-21(19)22/h5-8,10,14,16-18,20,22,25H,2-4,9,11-13,15H2,1H3,(H,29,34)(H2,28,30,31,32). The first-order valence-corrected chi connectivity index (χ1v) is 12.6. The molecule has 0 spiro atoms. The zero-order valence-corrected chi connectivity index (χ0v) is 19.8. The normalized spacial score (nSPS) is 19.1. The number of nitrogens with one attached hydrogen (secondary N) is 3. The first-order valence-electron chi connectivity index (χ1n) is 12.6. The Morgan fingerprint density at radius 1 is 1.00 bits per heavy atom. The first kappa shape index (κ1) is 22.4. The Bertz CT molecular complexity index is 1110. The molecule has 0 radical (unpaired) electrons. The first-order chi connectivity index (χ1) is 16.7. The van der Waals surface area contributed by atoms with E-state index in [-0.39, 0.29) is 23.9 Å². The summed E-state index contributed by atoms with van der Waals surface area (Å²) in [5.41, 5.74) is 2.62. The fraction of sp³-hybridized carbons (Fsp3) is 0.444. The van der Waals surface area contributed by atoms with Gasteiger partial charge in [-0.1, -0.05) is 43.5 Å². The maximum Gasteiger partial charge on any atom is 0.243 e. The number of carbonyl (C=O) groups excluding carboxylic acids is 1. The van der Waals surface area contributed by atoms with E-state index in [2.05, 4.69) is 50.2 Å². The molecular weight excluding hydrogens is 424 g/mol. The summed E-state index contributed by atoms with van der Waals surface area (Å²) in [5.74, 6) is 2.31. The number of fused-ring (bicyclic) bond motifs is 1. The minimum absolute atomic E-state index is 0.0686. The Morgan fingerprint density at radius 2 is 1.79 bits per heavy atom. The van der Waals surface area contributed by atoms with Crippen LogP contribution in [-0.4, -0.2) is 33.5 Å². The van der Waals surface area contributed by atoms with Crippen molar-refractivity contribution in [3.63, 3.8) is 0 Å². The molecule has 0 saturated heterocycles. The quantitative estimate of drug-likeness (QED) is 0.471. The molecule has 3 N–H and O–H groups in total. The van der Waals surface area contributed by atoms with Crippen molar-refractivity contribution < 1.29 is 4.79 Å². The van der Waals surface area contributed by atoms with Gasteiger partial charge in [-0.3, -0.25) is 4.79 Å². The molecule has 34 heavy (non-hydrogen) atoms. The topological polar surface area (TPSA) is 83.9 Å². The number of hydrogen-bond donors (Lipinski definition) is 3. The predicted molar refractivity (Wildman–Crippen MR) is 135 cm³/mol. The molecule has 2 aliphatic rings. The molecular formula is C27H34N6O. The maximum atomic E-state index is 13.8. The van der Waals surface area contributed by atoms with Gasteiger partial charge in [0.05, 0.1) is 6.04 Å². The van der Waals surface area contributed by atoms with Gasteiger partial charge in [-0.05, 0) is 61.3 Å². The molecule has 2 aromatic heterocycles. The van der Waals surface area contributed by atoms with Crippen LogP contribution in [0.1, 0.15) is 62.1 Å². The lowest BCUT2D eigenvalue weighted by molar-refractivity contribution is -0.124. The van der Waals surface area contributed by atoms with Crippen LogP contribution in [0.15, 0.2) is 54.9 Å². The molecule has 7 heteroatoms. The van der Waals surface area contributed by atoms with Crippen molar-refractivity contribution >= 4 is 17.7 Å². The third kappa shape index (κ3) is 4.93. The van der Waals surface area contributed by atoms with Gasteiger partial charge in [0, 0.05) is 25.5 Å². The van der Waals surface area contributed by atoms with Gasteiger partial charge in [0.2, 0.25) is 11.9 Å². The molecule has 0 bridgehead atoms. The van der Waals surface area contributed by atoms with Crippen molar-refractivity contribution in [2.45, 2.75) is 63.5 Å². The number of benzene rings is 1. The Kier molecular flexibility index (Phi) is 6.79. The summed E-state index contributed by atoms with van der Waals surface area (Å²) in [6.45, 7) is 0. The number of nitrogens with zero attached hydrogens (tertiary/aromatic N) is 3. The summed E-state index contributed by atoms with van der Waals surface area (Å²) >= 11 is 0. The van der Waals surface area contributed by atoms with Crippen LogP contribution in [0.25, 0.3) is 5.82 Å². The van der Waals surface area contributed by atoms with E-state index in [0.717, 1.165) is 37.9 Å². The lowest BCUT2D eigenvalue weighted by Gasteiger charge is -2.33. The van der Waals surface area contributed by atoms with E-state index >= 15 is 0 Å². The summed E-state index contributed by atoms with van der Waals surface area (Å²) in [4.78, 5) is 23.0. The Labute approximate surface area is 201 Å². The van der Waals surface area contributed by atoms with Gasteiger partial charge in [0.1, 0.15) is 17.7 Å². The van der Waals surface area contributed by atoms with E-state index in [1.165, 1.54) is 30.4 Å². The minimum Gasteiger partial charge on any atom is -0.358 e. The summed E-state index contributed by atoms with van der Waals surface area (Å²) in [5, 5.41) is 9.97. The van der Waals surface area contributed by atoms with Crippen LogP contribution in [0.5, 0.6) is 0 Å². The molecule has 3 aromatic rings. The van der Waals surface area contributed by atoms with E-state index in [9.17, 15) is 4.79 Å². The largest absolute Gasteiger partial charge is 0.358 e. The average Bonchev–Trinajstić information content (AvgIpc) is 3.43. The van der Waals surface area contributed by atoms with E-state index in [1.807, 2.05) is 42.2 Å². The van der Waals surface area contributed by atoms with Crippen molar-refractivity contribution in [2.24, 2.45) is 5.92 Å². The Hall–Kier alpha value is -3.35. The van der Waals surface area contributed by atoms with Crippen LogP contribution in [-0.2, 0) is 11.2 Å². The number of carbonyl (C=O) groups is 1. The number of rotatable bonds is 7. The molecule has 1 aromatic carbocycles. The number of aryl methyl sites for hydroxylation is 1. The average molecular weight is 459 g/mol. The molecule has 2 aliphatic carbocycles. The van der Waals surface area contributed by atoms with Gasteiger partial charge in [-0.2, -0.15) is 9.97 Å². The molecule has 1 saturated carbocycles. The number of hydrogen-bond acceptors (Lipinski definition) is 5. The molecule has 7 nitrogen and oxygen atoms in total. The maximum absolute atomic E-state index is 13.8. The van der Waals surface area contributed by atoms with Crippen LogP contribution in [0.3, 0.4) is 0 Å². The van der Waals surface area contributed by atoms with Crippen molar-refractivity contribution in [1.82, 2.24) is 19.9 Å². The molecule has 2 atom stereocenters. The highest BCUT2D eigenvalue weighted by atomic mass is 16.2. The fourth-order valence-corrected chi connectivity index (χ4v) is 5.43. The lowest BCUT2D eigenvalue weighted by atomic mass is 9.82. The molecule has 1 amide bonds. The highest BCUT2D eigenvalue weighted by Crippen LogP contribution is 2.32. The monoisotopic (exact) mass is 458 g/mol. The smallest absolute Gasteiger partial charge is 0.243 e. The second-order valence-corrected chi connectivity index (χ2v) is 9.45. The van der Waals surface area contributed by atoms with Crippen LogP contribution in [0.2, 0.25) is 0 Å². The second-order valence-electron chi connectivity index (χ2n) is 9.45. The highest BCUT2D eigenvalue weighted by Gasteiger charge is 2.32. The van der Waals surface area contributed by atoms with Crippen molar-refractivity contribution in [2.75, 3.05) is 17.7 Å². The van der Waals surface area contributed by atoms with E-state index < -0.39 is 0 Å². The zero-order chi connectivity index (χ0) is 23.3. The van der Waals surface area contributed by atoms with Gasteiger partial charge in [-0.25, -0.2) is 0 Å². The van der Waals surface area contributed by atoms with Gasteiger partial charge in [-0.15, -0.1) is 0 Å². The van der Waals surface area contributed by atoms with Crippen molar-refractivity contribution in [1.29, 1.82) is 0 Å². The molecule has 2 unspecified atom stereocenters. The second kappa shape index (κ2) is 10.3. The van der Waals surface area contributed by atoms with Gasteiger partial charge in [0.25, 0.3) is 0 Å². The number of aromatic nitrogens is 3. The van der Waals surface area contributed by atoms with Crippen LogP contribution in [0.4, 0.5) is 11.8 Å². The zero-order valence-electron chi connectivity index (χ0n) is 19.8. The summed E-state index contributed by atoms with van der Waals surface area (Å²) in [6, 6.07) is 14.1. The fourth-order valence-electron chi connectivity index (χ4n) is 5.43. The highest BCUT2D eigenvalue weighted by molar-refractivity contribution is 5.85. The third-order valence-corrected chi connectivity index (χ3v) is 7.20. The molecule has 0 aliphatic heterocycles. The molecule has 1 fully saturated rings. The lowest BCUT2D eigenvalue weighted by Crippen LogP contribution is -2.47.